The third-order valence-corrected chi connectivity index (χ3v) is 12.0. The maximum atomic E-state index is 4.70. The minimum atomic E-state index is 0.974. The van der Waals surface area contributed by atoms with E-state index in [-0.39, 0.29) is 0 Å². The van der Waals surface area contributed by atoms with Crippen molar-refractivity contribution in [3.63, 3.8) is 0 Å². The lowest BCUT2D eigenvalue weighted by Gasteiger charge is -2.22. The Kier molecular flexibility index (Phi) is 7.37. The number of hydrogen-bond acceptors (Lipinski definition) is 3. The molecule has 3 heterocycles. The quantitative estimate of drug-likeness (QED) is 0.184. The molecule has 9 aromatic rings. The first-order valence-electron chi connectivity index (χ1n) is 17.1. The number of pyridine rings is 1. The number of aromatic nitrogens is 2. The van der Waals surface area contributed by atoms with Crippen molar-refractivity contribution < 1.29 is 0 Å². The molecule has 0 spiro atoms. The SMILES string of the molecule is c1ccc(-n2c3ccccc3c3ccc(-c4cccc5c4-c4ccccc4Sc4ccccc4-c4ccc(-c6ccccn6)cc4S5)cc32)cc1. The van der Waals surface area contributed by atoms with E-state index in [0.717, 1.165) is 16.9 Å². The average Bonchev–Trinajstić information content (AvgIpc) is 3.53. The first-order valence-corrected chi connectivity index (χ1v) is 18.8. The topological polar surface area (TPSA) is 17.8 Å². The van der Waals surface area contributed by atoms with E-state index in [2.05, 4.69) is 174 Å². The van der Waals surface area contributed by atoms with Crippen LogP contribution in [-0.2, 0) is 0 Å². The van der Waals surface area contributed by atoms with Crippen molar-refractivity contribution in [1.82, 2.24) is 9.55 Å². The van der Waals surface area contributed by atoms with Gasteiger partial charge >= 0.3 is 0 Å². The van der Waals surface area contributed by atoms with E-state index >= 15 is 0 Å². The monoisotopic (exact) mass is 686 g/mol. The second kappa shape index (κ2) is 12.5. The molecule has 0 saturated heterocycles. The fourth-order valence-electron chi connectivity index (χ4n) is 7.43. The zero-order valence-corrected chi connectivity index (χ0v) is 29.2. The van der Waals surface area contributed by atoms with Crippen molar-refractivity contribution in [2.45, 2.75) is 19.6 Å². The molecule has 240 valence electrons. The van der Waals surface area contributed by atoms with E-state index in [1.165, 1.54) is 74.8 Å². The lowest BCUT2D eigenvalue weighted by Crippen LogP contribution is -1.96. The number of nitrogens with zero attached hydrogens (tertiary/aromatic N) is 2. The van der Waals surface area contributed by atoms with Crippen LogP contribution < -0.4 is 0 Å². The normalized spacial score (nSPS) is 12.2. The fourth-order valence-corrected chi connectivity index (χ4v) is 9.70. The summed E-state index contributed by atoms with van der Waals surface area (Å²) in [4.78, 5) is 9.62. The van der Waals surface area contributed by atoms with Crippen molar-refractivity contribution in [3.8, 4) is 50.3 Å². The highest BCUT2D eigenvalue weighted by molar-refractivity contribution is 8.00. The van der Waals surface area contributed by atoms with Gasteiger partial charge in [-0.15, -0.1) is 0 Å². The van der Waals surface area contributed by atoms with Gasteiger partial charge in [-0.2, -0.15) is 0 Å². The summed E-state index contributed by atoms with van der Waals surface area (Å²) < 4.78 is 2.40. The molecule has 0 unspecified atom stereocenters. The largest absolute Gasteiger partial charge is 0.309 e. The third-order valence-electron chi connectivity index (χ3n) is 9.74. The average molecular weight is 687 g/mol. The van der Waals surface area contributed by atoms with Gasteiger partial charge in [-0.05, 0) is 88.5 Å². The predicted octanol–water partition coefficient (Wildman–Crippen LogP) is 13.5. The second-order valence-electron chi connectivity index (χ2n) is 12.7. The smallest absolute Gasteiger partial charge is 0.0702 e. The van der Waals surface area contributed by atoms with Gasteiger partial charge in [-0.1, -0.05) is 139 Å². The lowest BCUT2D eigenvalue weighted by molar-refractivity contribution is 1.18. The fraction of sp³-hybridized carbons (Fsp3) is 0. The number of benzene rings is 7. The Morgan fingerprint density at radius 3 is 1.90 bits per heavy atom. The summed E-state index contributed by atoms with van der Waals surface area (Å²) >= 11 is 3.70. The first kappa shape index (κ1) is 30.1. The first-order chi connectivity index (χ1) is 25.3. The van der Waals surface area contributed by atoms with Gasteiger partial charge in [0, 0.05) is 53.4 Å². The molecule has 7 aromatic carbocycles. The summed E-state index contributed by atoms with van der Waals surface area (Å²) in [5, 5.41) is 2.51. The van der Waals surface area contributed by atoms with Crippen LogP contribution in [0.25, 0.3) is 72.1 Å². The van der Waals surface area contributed by atoms with Crippen molar-refractivity contribution in [3.05, 3.63) is 182 Å². The minimum Gasteiger partial charge on any atom is -0.309 e. The van der Waals surface area contributed by atoms with Crippen LogP contribution in [0.2, 0.25) is 0 Å². The highest BCUT2D eigenvalue weighted by atomic mass is 32.2. The van der Waals surface area contributed by atoms with Crippen molar-refractivity contribution in [1.29, 1.82) is 0 Å². The van der Waals surface area contributed by atoms with E-state index in [1.807, 2.05) is 35.8 Å². The molecular weight excluding hydrogens is 657 g/mol. The van der Waals surface area contributed by atoms with Crippen LogP contribution in [0.3, 0.4) is 0 Å². The second-order valence-corrected chi connectivity index (χ2v) is 14.9. The Morgan fingerprint density at radius 1 is 0.392 bits per heavy atom. The summed E-state index contributed by atoms with van der Waals surface area (Å²) in [6.07, 6.45) is 1.87. The number of fused-ring (bicyclic) bond motifs is 9. The summed E-state index contributed by atoms with van der Waals surface area (Å²) in [5.74, 6) is 0. The molecule has 51 heavy (non-hydrogen) atoms. The van der Waals surface area contributed by atoms with Crippen molar-refractivity contribution in [2.24, 2.45) is 0 Å². The zero-order valence-electron chi connectivity index (χ0n) is 27.5. The molecule has 0 saturated carbocycles. The molecule has 0 N–H and O–H groups in total. The highest BCUT2D eigenvalue weighted by Crippen LogP contribution is 2.51. The number of rotatable bonds is 3. The Hall–Kier alpha value is -5.81. The van der Waals surface area contributed by atoms with Crippen LogP contribution in [0.4, 0.5) is 0 Å². The lowest BCUT2D eigenvalue weighted by atomic mass is 9.93. The molecule has 10 rings (SSSR count). The molecule has 0 radical (unpaired) electrons. The molecule has 0 amide bonds. The Bertz CT molecular complexity index is 2750. The number of para-hydroxylation sites is 2. The molecule has 0 aliphatic carbocycles. The van der Waals surface area contributed by atoms with Crippen molar-refractivity contribution >= 4 is 45.3 Å². The molecule has 0 atom stereocenters. The summed E-state index contributed by atoms with van der Waals surface area (Å²) in [6.45, 7) is 0. The van der Waals surface area contributed by atoms with Crippen LogP contribution in [0, 0.1) is 0 Å². The Balaban J connectivity index is 1.23. The van der Waals surface area contributed by atoms with E-state index in [1.54, 1.807) is 0 Å². The maximum absolute atomic E-state index is 4.70. The Labute approximate surface area is 305 Å². The molecule has 4 heteroatoms. The predicted molar refractivity (Wildman–Crippen MR) is 215 cm³/mol. The van der Waals surface area contributed by atoms with Crippen molar-refractivity contribution in [2.75, 3.05) is 0 Å². The van der Waals surface area contributed by atoms with Gasteiger partial charge in [-0.3, -0.25) is 4.98 Å². The molecule has 0 fully saturated rings. The molecule has 2 nitrogen and oxygen atoms in total. The van der Waals surface area contributed by atoms with E-state index in [9.17, 15) is 0 Å². The standard InChI is InChI=1S/C47H30N2S2/c1-2-13-33(14-3-1)49-41-20-7-4-15-35(41)36-26-24-31(29-42(36)49)34-18-12-23-45-47(34)39-17-6-9-22-44(39)50-43-21-8-5-16-37(43)38-27-25-32(30-46(38)51-45)40-19-10-11-28-48-40/h1-30H. The zero-order chi connectivity index (χ0) is 33.7. The summed E-state index contributed by atoms with van der Waals surface area (Å²) in [6, 6.07) is 63.9. The maximum Gasteiger partial charge on any atom is 0.0702 e. The molecule has 0 bridgehead atoms. The molecule has 2 aromatic heterocycles. The van der Waals surface area contributed by atoms with Gasteiger partial charge in [0.25, 0.3) is 0 Å². The van der Waals surface area contributed by atoms with Crippen LogP contribution in [0.15, 0.2) is 202 Å². The van der Waals surface area contributed by atoms with Crippen LogP contribution in [0.5, 0.6) is 0 Å². The van der Waals surface area contributed by atoms with Gasteiger partial charge in [0.2, 0.25) is 0 Å². The molecule has 1 aliphatic heterocycles. The van der Waals surface area contributed by atoms with Crippen LogP contribution in [0.1, 0.15) is 0 Å². The Morgan fingerprint density at radius 2 is 1.04 bits per heavy atom. The third kappa shape index (κ3) is 5.18. The minimum absolute atomic E-state index is 0.974. The van der Waals surface area contributed by atoms with Gasteiger partial charge in [0.05, 0.1) is 16.7 Å². The summed E-state index contributed by atoms with van der Waals surface area (Å²) in [7, 11) is 0. The van der Waals surface area contributed by atoms with Gasteiger partial charge in [0.15, 0.2) is 0 Å². The van der Waals surface area contributed by atoms with E-state index in [4.69, 9.17) is 4.98 Å². The van der Waals surface area contributed by atoms with Gasteiger partial charge in [-0.25, -0.2) is 0 Å². The number of hydrogen-bond donors (Lipinski definition) is 0. The van der Waals surface area contributed by atoms with Crippen LogP contribution >= 0.6 is 23.5 Å². The highest BCUT2D eigenvalue weighted by Gasteiger charge is 2.23. The van der Waals surface area contributed by atoms with Gasteiger partial charge < -0.3 is 4.57 Å². The van der Waals surface area contributed by atoms with Gasteiger partial charge in [0.1, 0.15) is 0 Å². The van der Waals surface area contributed by atoms with Crippen LogP contribution in [-0.4, -0.2) is 9.55 Å². The molecular formula is C47H30N2S2. The van der Waals surface area contributed by atoms with E-state index in [0.29, 0.717) is 0 Å². The molecule has 1 aliphatic rings. The van der Waals surface area contributed by atoms with E-state index < -0.39 is 0 Å². The summed E-state index contributed by atoms with van der Waals surface area (Å²) in [5.41, 5.74) is 13.0.